The molecule has 0 fully saturated rings. The minimum atomic E-state index is -0.172. The number of rotatable bonds is 7. The van der Waals surface area contributed by atoms with Crippen molar-refractivity contribution in [3.63, 3.8) is 0 Å². The predicted octanol–water partition coefficient (Wildman–Crippen LogP) is 2.35. The molecule has 7 nitrogen and oxygen atoms in total. The van der Waals surface area contributed by atoms with E-state index in [2.05, 4.69) is 24.1 Å². The molecule has 1 amide bonds. The van der Waals surface area contributed by atoms with Gasteiger partial charge in [0.15, 0.2) is 11.5 Å². The molecule has 5 rings (SSSR count). The van der Waals surface area contributed by atoms with Gasteiger partial charge in [0.05, 0.1) is 10.1 Å². The monoisotopic (exact) mass is 477 g/mol. The molecule has 0 saturated carbocycles. The molecule has 2 aromatic carbocycles. The number of carbonyl (C=O) groups excluding carboxylic acids is 1. The highest BCUT2D eigenvalue weighted by atomic mass is 32.1. The Kier molecular flexibility index (Phi) is 6.26. The van der Waals surface area contributed by atoms with Gasteiger partial charge in [-0.1, -0.05) is 38.1 Å². The molecular weight excluding hydrogens is 450 g/mol. The zero-order valence-electron chi connectivity index (χ0n) is 19.3. The number of nitrogens with zero attached hydrogens (tertiary/aromatic N) is 2. The highest BCUT2D eigenvalue weighted by molar-refractivity contribution is 7.07. The van der Waals surface area contributed by atoms with Crippen LogP contribution in [0, 0.1) is 0 Å². The van der Waals surface area contributed by atoms with E-state index < -0.39 is 0 Å². The molecule has 0 bridgehead atoms. The fraction of sp³-hybridized carbons (Fsp3) is 0.308. The van der Waals surface area contributed by atoms with Crippen LogP contribution in [0.1, 0.15) is 31.4 Å². The van der Waals surface area contributed by atoms with E-state index in [4.69, 9.17) is 9.47 Å². The fourth-order valence-corrected chi connectivity index (χ4v) is 5.57. The van der Waals surface area contributed by atoms with E-state index >= 15 is 0 Å². The van der Waals surface area contributed by atoms with Crippen LogP contribution in [0.3, 0.4) is 0 Å². The summed E-state index contributed by atoms with van der Waals surface area (Å²) in [6.45, 7) is 7.87. The Hall–Kier alpha value is -3.36. The lowest BCUT2D eigenvalue weighted by molar-refractivity contribution is -0.110. The number of fused-ring (bicyclic) bond motifs is 2. The Morgan fingerprint density at radius 2 is 1.88 bits per heavy atom. The first-order valence-corrected chi connectivity index (χ1v) is 12.4. The van der Waals surface area contributed by atoms with Gasteiger partial charge in [0.25, 0.3) is 11.5 Å². The number of hydrogen-bond acceptors (Lipinski definition) is 6. The molecule has 0 radical (unpaired) electrons. The van der Waals surface area contributed by atoms with Gasteiger partial charge in [0, 0.05) is 17.8 Å². The number of anilines is 1. The second kappa shape index (κ2) is 9.48. The van der Waals surface area contributed by atoms with Crippen molar-refractivity contribution in [2.45, 2.75) is 26.8 Å². The van der Waals surface area contributed by atoms with Gasteiger partial charge in [-0.3, -0.25) is 14.2 Å². The zero-order valence-corrected chi connectivity index (χ0v) is 20.1. The van der Waals surface area contributed by atoms with E-state index in [0.29, 0.717) is 32.8 Å². The quantitative estimate of drug-likeness (QED) is 0.566. The van der Waals surface area contributed by atoms with Gasteiger partial charge in [-0.05, 0) is 55.9 Å². The zero-order chi connectivity index (χ0) is 23.7. The van der Waals surface area contributed by atoms with E-state index in [-0.39, 0.29) is 18.3 Å². The minimum absolute atomic E-state index is 0.0816. The highest BCUT2D eigenvalue weighted by Crippen LogP contribution is 2.32. The topological polar surface area (TPSA) is 72.8 Å². The second-order valence-corrected chi connectivity index (χ2v) is 9.27. The molecule has 0 unspecified atom stereocenters. The Bertz CT molecular complexity index is 1420. The maximum Gasteiger partial charge on any atom is 0.269 e. The van der Waals surface area contributed by atoms with Crippen LogP contribution in [-0.2, 0) is 11.3 Å². The maximum absolute atomic E-state index is 13.5. The maximum atomic E-state index is 13.5. The smallest absolute Gasteiger partial charge is 0.269 e. The number of ether oxygens (including phenoxy) is 2. The Morgan fingerprint density at radius 3 is 2.71 bits per heavy atom. The van der Waals surface area contributed by atoms with Gasteiger partial charge < -0.3 is 19.7 Å². The highest BCUT2D eigenvalue weighted by Gasteiger charge is 2.26. The Labute approximate surface area is 201 Å². The first-order valence-electron chi connectivity index (χ1n) is 11.6. The second-order valence-electron chi connectivity index (χ2n) is 8.24. The summed E-state index contributed by atoms with van der Waals surface area (Å²) in [5.41, 5.74) is 2.94. The third-order valence-corrected chi connectivity index (χ3v) is 7.37. The van der Waals surface area contributed by atoms with Crippen molar-refractivity contribution >= 4 is 34.6 Å². The summed E-state index contributed by atoms with van der Waals surface area (Å²) in [6.07, 6.45) is 2.68. The molecule has 0 atom stereocenters. The molecular formula is C26H27N3O4S. The lowest BCUT2D eigenvalue weighted by atomic mass is 10.1. The summed E-state index contributed by atoms with van der Waals surface area (Å²) in [6, 6.07) is 13.2. The molecule has 1 N–H and O–H groups in total. The standard InChI is InChI=1S/C26H27N3O4S/c1-3-28(4-2)12-7-13-29-25(31)22(15-17-10-11-20-21(14-17)33-16-32-20)34-26(29)23-18-8-5-6-9-19(18)27-24(23)30/h5-6,8-11,14-15H,3-4,7,12-13,16H2,1-2H3,(H,27,30)/b22-15-,26-23+. The van der Waals surface area contributed by atoms with Crippen LogP contribution >= 0.6 is 11.3 Å². The van der Waals surface area contributed by atoms with Crippen LogP contribution in [0.25, 0.3) is 11.6 Å². The van der Waals surface area contributed by atoms with Crippen molar-refractivity contribution in [2.24, 2.45) is 0 Å². The third-order valence-electron chi connectivity index (χ3n) is 6.24. The van der Waals surface area contributed by atoms with Crippen LogP contribution < -0.4 is 29.5 Å². The Balaban J connectivity index is 1.63. The first-order chi connectivity index (χ1) is 16.6. The molecule has 3 heterocycles. The molecule has 0 saturated heterocycles. The van der Waals surface area contributed by atoms with Crippen LogP contribution in [0.15, 0.2) is 47.3 Å². The van der Waals surface area contributed by atoms with Crippen molar-refractivity contribution in [1.29, 1.82) is 0 Å². The van der Waals surface area contributed by atoms with E-state index in [1.54, 1.807) is 4.57 Å². The number of benzene rings is 2. The number of hydrogen-bond donors (Lipinski definition) is 1. The van der Waals surface area contributed by atoms with E-state index in [0.717, 1.165) is 42.9 Å². The first kappa shape index (κ1) is 22.4. The van der Waals surface area contributed by atoms with Gasteiger partial charge in [-0.15, -0.1) is 11.3 Å². The van der Waals surface area contributed by atoms with Crippen LogP contribution in [0.4, 0.5) is 5.69 Å². The number of aromatic nitrogens is 1. The third kappa shape index (κ3) is 4.15. The van der Waals surface area contributed by atoms with Crippen molar-refractivity contribution < 1.29 is 14.3 Å². The summed E-state index contributed by atoms with van der Waals surface area (Å²) in [5.74, 6) is 1.20. The number of para-hydroxylation sites is 1. The van der Waals surface area contributed by atoms with Crippen molar-refractivity contribution in [3.05, 3.63) is 73.1 Å². The van der Waals surface area contributed by atoms with Gasteiger partial charge in [-0.2, -0.15) is 0 Å². The average Bonchev–Trinajstić information content (AvgIpc) is 3.52. The molecule has 3 aromatic rings. The van der Waals surface area contributed by atoms with Crippen molar-refractivity contribution in [2.75, 3.05) is 31.7 Å². The van der Waals surface area contributed by atoms with Gasteiger partial charge in [0.1, 0.15) is 4.66 Å². The molecule has 2 aliphatic heterocycles. The van der Waals surface area contributed by atoms with Gasteiger partial charge in [-0.25, -0.2) is 0 Å². The van der Waals surface area contributed by atoms with Crippen LogP contribution in [0.2, 0.25) is 0 Å². The molecule has 0 aliphatic carbocycles. The summed E-state index contributed by atoms with van der Waals surface area (Å²) in [5, 5.41) is 2.94. The molecule has 1 aromatic heterocycles. The van der Waals surface area contributed by atoms with Crippen molar-refractivity contribution in [3.8, 4) is 11.5 Å². The largest absolute Gasteiger partial charge is 0.454 e. The van der Waals surface area contributed by atoms with E-state index in [9.17, 15) is 9.59 Å². The molecule has 176 valence electrons. The van der Waals surface area contributed by atoms with Crippen LogP contribution in [-0.4, -0.2) is 41.8 Å². The summed E-state index contributed by atoms with van der Waals surface area (Å²) in [4.78, 5) is 28.8. The lowest BCUT2D eigenvalue weighted by Gasteiger charge is -2.17. The molecule has 34 heavy (non-hydrogen) atoms. The summed E-state index contributed by atoms with van der Waals surface area (Å²) in [7, 11) is 0. The fourth-order valence-electron chi connectivity index (χ4n) is 4.38. The molecule has 2 aliphatic rings. The van der Waals surface area contributed by atoms with Crippen molar-refractivity contribution in [1.82, 2.24) is 9.47 Å². The number of nitrogens with one attached hydrogen (secondary N) is 1. The Morgan fingerprint density at radius 1 is 1.09 bits per heavy atom. The van der Waals surface area contributed by atoms with Gasteiger partial charge >= 0.3 is 0 Å². The summed E-state index contributed by atoms with van der Waals surface area (Å²) < 4.78 is 13.9. The molecule has 0 spiro atoms. The van der Waals surface area contributed by atoms with Crippen LogP contribution in [0.5, 0.6) is 11.5 Å². The number of carbonyl (C=O) groups is 1. The summed E-state index contributed by atoms with van der Waals surface area (Å²) >= 11 is 1.36. The number of thiazole rings is 1. The SMILES string of the molecule is CCN(CC)CCCn1c(=O)/c(=C/c2ccc3c(c2)OCO3)s/c1=C1/C(=O)Nc2ccccc21. The average molecular weight is 478 g/mol. The van der Waals surface area contributed by atoms with Gasteiger partial charge in [0.2, 0.25) is 6.79 Å². The van der Waals surface area contributed by atoms with E-state index in [1.165, 1.54) is 11.3 Å². The minimum Gasteiger partial charge on any atom is -0.454 e. The van der Waals surface area contributed by atoms with E-state index in [1.807, 2.05) is 48.5 Å². The number of amides is 1. The predicted molar refractivity (Wildman–Crippen MR) is 134 cm³/mol. The normalized spacial score (nSPS) is 16.3. The lowest BCUT2D eigenvalue weighted by Crippen LogP contribution is -2.34. The molecule has 8 heteroatoms.